The molecule has 2 nitrogen and oxygen atoms in total. The van der Waals surface area contributed by atoms with E-state index in [0.29, 0.717) is 0 Å². The zero-order valence-electron chi connectivity index (χ0n) is 3.00. The van der Waals surface area contributed by atoms with E-state index in [1.54, 1.807) is 0 Å². The summed E-state index contributed by atoms with van der Waals surface area (Å²) in [5.41, 5.74) is -0.370. The second kappa shape index (κ2) is 1.43. The molecule has 0 atom stereocenters. The topological polar surface area (TPSA) is 18.5 Å². The number of ether oxygens (including phenoxy) is 2. The number of hydrogen-bond donors (Lipinski definition) is 1. The molecule has 1 rings (SSSR count). The molecule has 6 heavy (non-hydrogen) atoms. The van der Waals surface area contributed by atoms with Crippen molar-refractivity contribution >= 4 is 12.6 Å². The van der Waals surface area contributed by atoms with Crippen molar-refractivity contribution in [2.75, 3.05) is 0 Å². The Bertz CT molecular complexity index is 63.2. The molecule has 1 aliphatic rings. The second-order valence-electron chi connectivity index (χ2n) is 0.851. The standard InChI is InChI=1S/C3H4O2S/c6-3-4-1-2-5-3/h1-3,6H. The molecule has 0 amide bonds. The third kappa shape index (κ3) is 0.597. The van der Waals surface area contributed by atoms with E-state index in [1.165, 1.54) is 12.5 Å². The summed E-state index contributed by atoms with van der Waals surface area (Å²) in [6.45, 7) is 0. The minimum atomic E-state index is -0.370. The smallest absolute Gasteiger partial charge is 0.286 e. The summed E-state index contributed by atoms with van der Waals surface area (Å²) < 4.78 is 9.23. The van der Waals surface area contributed by atoms with Crippen LogP contribution in [0.3, 0.4) is 0 Å². The monoisotopic (exact) mass is 104 g/mol. The molecular formula is C3H4O2S. The van der Waals surface area contributed by atoms with Gasteiger partial charge in [0.05, 0.1) is 0 Å². The maximum Gasteiger partial charge on any atom is 0.286 e. The van der Waals surface area contributed by atoms with E-state index in [2.05, 4.69) is 22.1 Å². The van der Waals surface area contributed by atoms with Crippen LogP contribution in [0.4, 0.5) is 0 Å². The number of thiol groups is 1. The van der Waals surface area contributed by atoms with Crippen molar-refractivity contribution in [2.24, 2.45) is 0 Å². The number of hydrogen-bond acceptors (Lipinski definition) is 3. The molecule has 0 spiro atoms. The molecule has 1 heterocycles. The van der Waals surface area contributed by atoms with Crippen LogP contribution in [0.5, 0.6) is 0 Å². The Labute approximate surface area is 41.2 Å². The fourth-order valence-electron chi connectivity index (χ4n) is 0.231. The van der Waals surface area contributed by atoms with Crippen molar-refractivity contribution in [3.05, 3.63) is 12.5 Å². The van der Waals surface area contributed by atoms with Gasteiger partial charge in [-0.25, -0.2) is 0 Å². The van der Waals surface area contributed by atoms with Gasteiger partial charge in [0.25, 0.3) is 5.62 Å². The first kappa shape index (κ1) is 3.87. The van der Waals surface area contributed by atoms with Crippen molar-refractivity contribution in [1.29, 1.82) is 0 Å². The van der Waals surface area contributed by atoms with Crippen molar-refractivity contribution in [3.63, 3.8) is 0 Å². The predicted molar refractivity (Wildman–Crippen MR) is 24.1 cm³/mol. The molecule has 0 fully saturated rings. The highest BCUT2D eigenvalue weighted by atomic mass is 32.1. The Morgan fingerprint density at radius 1 is 1.33 bits per heavy atom. The maximum atomic E-state index is 4.61. The van der Waals surface area contributed by atoms with E-state index in [0.717, 1.165) is 0 Å². The molecule has 0 saturated carbocycles. The minimum Gasteiger partial charge on any atom is -0.450 e. The molecule has 0 aliphatic carbocycles. The third-order valence-electron chi connectivity index (χ3n) is 0.446. The van der Waals surface area contributed by atoms with Crippen LogP contribution >= 0.6 is 12.6 Å². The summed E-state index contributed by atoms with van der Waals surface area (Å²) >= 11 is 3.79. The summed E-state index contributed by atoms with van der Waals surface area (Å²) in [5.74, 6) is 0. The molecule has 0 saturated heterocycles. The van der Waals surface area contributed by atoms with Gasteiger partial charge in [0.2, 0.25) is 0 Å². The van der Waals surface area contributed by atoms with Gasteiger partial charge in [0.15, 0.2) is 0 Å². The van der Waals surface area contributed by atoms with Crippen molar-refractivity contribution in [1.82, 2.24) is 0 Å². The molecule has 3 heteroatoms. The quantitative estimate of drug-likeness (QED) is 0.456. The average molecular weight is 104 g/mol. The lowest BCUT2D eigenvalue weighted by Gasteiger charge is -1.97. The molecule has 0 unspecified atom stereocenters. The molecular weight excluding hydrogens is 100 g/mol. The largest absolute Gasteiger partial charge is 0.450 e. The fraction of sp³-hybridized carbons (Fsp3) is 0.333. The first-order chi connectivity index (χ1) is 2.89. The highest BCUT2D eigenvalue weighted by Gasteiger charge is 2.01. The summed E-state index contributed by atoms with van der Waals surface area (Å²) in [6, 6.07) is 0. The Morgan fingerprint density at radius 3 is 2.00 bits per heavy atom. The average Bonchev–Trinajstić information content (AvgIpc) is 1.86. The number of rotatable bonds is 0. The zero-order chi connectivity index (χ0) is 4.41. The van der Waals surface area contributed by atoms with Gasteiger partial charge in [-0.1, -0.05) is 12.6 Å². The molecule has 0 bridgehead atoms. The fourth-order valence-corrected chi connectivity index (χ4v) is 0.371. The van der Waals surface area contributed by atoms with E-state index >= 15 is 0 Å². The van der Waals surface area contributed by atoms with Crippen LogP contribution in [0.1, 0.15) is 0 Å². The Kier molecular flexibility index (Phi) is 0.919. The Balaban J connectivity index is 2.32. The van der Waals surface area contributed by atoms with Crippen LogP contribution in [0, 0.1) is 0 Å². The highest BCUT2D eigenvalue weighted by molar-refractivity contribution is 7.80. The van der Waals surface area contributed by atoms with Crippen molar-refractivity contribution in [2.45, 2.75) is 5.62 Å². The van der Waals surface area contributed by atoms with E-state index < -0.39 is 0 Å². The SMILES string of the molecule is SC1OC=CO1. The molecule has 34 valence electrons. The van der Waals surface area contributed by atoms with Gasteiger partial charge in [-0.05, 0) is 0 Å². The Hall–Kier alpha value is -0.310. The van der Waals surface area contributed by atoms with E-state index in [9.17, 15) is 0 Å². The van der Waals surface area contributed by atoms with Crippen LogP contribution in [0.2, 0.25) is 0 Å². The first-order valence-electron chi connectivity index (χ1n) is 1.53. The Morgan fingerprint density at radius 2 is 1.83 bits per heavy atom. The van der Waals surface area contributed by atoms with Crippen molar-refractivity contribution in [3.8, 4) is 0 Å². The highest BCUT2D eigenvalue weighted by Crippen LogP contribution is 2.06. The molecule has 0 aromatic heterocycles. The minimum absolute atomic E-state index is 0.370. The summed E-state index contributed by atoms with van der Waals surface area (Å²) in [5, 5.41) is 0. The van der Waals surface area contributed by atoms with Crippen LogP contribution in [0.15, 0.2) is 12.5 Å². The van der Waals surface area contributed by atoms with Gasteiger partial charge in [0.1, 0.15) is 12.5 Å². The van der Waals surface area contributed by atoms with Crippen LogP contribution in [-0.4, -0.2) is 5.62 Å². The lowest BCUT2D eigenvalue weighted by atomic mass is 11.1. The van der Waals surface area contributed by atoms with Gasteiger partial charge in [-0.2, -0.15) is 0 Å². The lowest BCUT2D eigenvalue weighted by Crippen LogP contribution is -1.93. The molecule has 1 aliphatic heterocycles. The third-order valence-corrected chi connectivity index (χ3v) is 0.689. The van der Waals surface area contributed by atoms with Gasteiger partial charge in [0, 0.05) is 0 Å². The van der Waals surface area contributed by atoms with Crippen molar-refractivity contribution < 1.29 is 9.47 Å². The summed E-state index contributed by atoms with van der Waals surface area (Å²) in [6.07, 6.45) is 2.91. The summed E-state index contributed by atoms with van der Waals surface area (Å²) in [4.78, 5) is 0. The first-order valence-corrected chi connectivity index (χ1v) is 2.05. The maximum absolute atomic E-state index is 4.61. The van der Waals surface area contributed by atoms with Gasteiger partial charge in [-0.3, -0.25) is 0 Å². The normalized spacial score (nSPS) is 20.2. The molecule has 0 N–H and O–H groups in total. The van der Waals surface area contributed by atoms with Crippen LogP contribution in [-0.2, 0) is 9.47 Å². The van der Waals surface area contributed by atoms with E-state index in [4.69, 9.17) is 0 Å². The van der Waals surface area contributed by atoms with Gasteiger partial charge < -0.3 is 9.47 Å². The molecule has 0 aromatic carbocycles. The molecule has 0 radical (unpaired) electrons. The molecule has 0 aromatic rings. The second-order valence-corrected chi connectivity index (χ2v) is 1.27. The van der Waals surface area contributed by atoms with E-state index in [-0.39, 0.29) is 5.62 Å². The van der Waals surface area contributed by atoms with E-state index in [1.807, 2.05) is 0 Å². The predicted octanol–water partition coefficient (Wildman–Crippen LogP) is 0.718. The van der Waals surface area contributed by atoms with Gasteiger partial charge in [-0.15, -0.1) is 0 Å². The lowest BCUT2D eigenvalue weighted by molar-refractivity contribution is 0.0583. The van der Waals surface area contributed by atoms with Crippen LogP contribution < -0.4 is 0 Å². The van der Waals surface area contributed by atoms with Crippen LogP contribution in [0.25, 0.3) is 0 Å². The van der Waals surface area contributed by atoms with Gasteiger partial charge >= 0.3 is 0 Å². The summed E-state index contributed by atoms with van der Waals surface area (Å²) in [7, 11) is 0. The zero-order valence-corrected chi connectivity index (χ0v) is 3.89.